The minimum atomic E-state index is -5.11. The highest BCUT2D eigenvalue weighted by molar-refractivity contribution is 7.99. The number of nitrogens with zero attached hydrogens (tertiary/aromatic N) is 11. The summed E-state index contributed by atoms with van der Waals surface area (Å²) in [6.07, 6.45) is 4.24. The van der Waals surface area contributed by atoms with Crippen LogP contribution in [0, 0.1) is 0 Å². The number of thioether (sulfide) groups is 1. The van der Waals surface area contributed by atoms with E-state index < -0.39 is 50.0 Å². The summed E-state index contributed by atoms with van der Waals surface area (Å²) in [6, 6.07) is 18.7. The third kappa shape index (κ3) is 17.7. The van der Waals surface area contributed by atoms with Gasteiger partial charge in [0.25, 0.3) is 11.8 Å². The molecular weight excluding hydrogens is 1240 g/mol. The van der Waals surface area contributed by atoms with Crippen molar-refractivity contribution in [2.45, 2.75) is 51.7 Å². The molecule has 3 aromatic heterocycles. The first-order valence-corrected chi connectivity index (χ1v) is 31.2. The molecule has 0 spiro atoms. The second kappa shape index (κ2) is 31.3. The Kier molecular flexibility index (Phi) is 23.5. The number of carbonyl (C=O) groups is 6. The van der Waals surface area contributed by atoms with Crippen LogP contribution in [0.15, 0.2) is 121 Å². The van der Waals surface area contributed by atoms with Gasteiger partial charge in [0.1, 0.15) is 22.9 Å². The summed E-state index contributed by atoms with van der Waals surface area (Å²) in [7, 11) is -2.14. The standard InChI is InChI=1S/C57H61N17O12S4/c1-9-73(10-2)44-25-40(42(27-46(44)85-7)69-71-55-59-29-37(88-55)23-38(31(5)77)50(80)62-36-18-14-16-34(22-36)60-30-76)63-53-66-54(68-56(67-53)87-20-19-75)64-41-26-45(74(11-3)12-4)47(86-8)28-43(41)70-72-57-65-52(90(82,83)84)48(89-57)24-39(32(6)78)51(81)61-35-17-13-15-33(21-35)49(58)79/h13-18,21-30,75H,9-12,19-20H2,1-8H3,(H2,58,79)(H,60,76)(H,61,81)(H,62,80)(H,82,83,84)(H2,63,64,66,67,68). The number of carbonyl (C=O) groups excluding carboxylic acids is 6. The lowest BCUT2D eigenvalue weighted by Crippen LogP contribution is -2.22. The number of ketones is 2. The summed E-state index contributed by atoms with van der Waals surface area (Å²) >= 11 is 2.74. The van der Waals surface area contributed by atoms with Gasteiger partial charge in [-0.05, 0) is 102 Å². The number of ether oxygens (including phenoxy) is 2. The predicted octanol–water partition coefficient (Wildman–Crippen LogP) is 10.0. The molecule has 0 aliphatic heterocycles. The van der Waals surface area contributed by atoms with E-state index in [1.165, 1.54) is 63.7 Å². The van der Waals surface area contributed by atoms with Gasteiger partial charge >= 0.3 is 10.1 Å². The van der Waals surface area contributed by atoms with Crippen LogP contribution in [0.4, 0.5) is 73.3 Å². The fourth-order valence-electron chi connectivity index (χ4n) is 8.38. The Bertz CT molecular complexity index is 4090. The van der Waals surface area contributed by atoms with E-state index >= 15 is 0 Å². The van der Waals surface area contributed by atoms with Crippen LogP contribution < -0.4 is 51.6 Å². The number of azo groups is 2. The molecule has 33 heteroatoms. The number of nitrogens with one attached hydrogen (secondary N) is 5. The van der Waals surface area contributed by atoms with E-state index in [2.05, 4.69) is 67.0 Å². The summed E-state index contributed by atoms with van der Waals surface area (Å²) in [5.41, 5.74) is 7.78. The maximum atomic E-state index is 13.5. The van der Waals surface area contributed by atoms with Gasteiger partial charge < -0.3 is 56.7 Å². The highest BCUT2D eigenvalue weighted by Gasteiger charge is 2.26. The van der Waals surface area contributed by atoms with E-state index in [9.17, 15) is 46.8 Å². The van der Waals surface area contributed by atoms with Gasteiger partial charge in [-0.3, -0.25) is 33.3 Å². The summed E-state index contributed by atoms with van der Waals surface area (Å²) in [6.45, 7) is 12.2. The van der Waals surface area contributed by atoms with E-state index in [1.54, 1.807) is 42.5 Å². The molecule has 0 aliphatic carbocycles. The van der Waals surface area contributed by atoms with Crippen molar-refractivity contribution < 1.29 is 56.3 Å². The minimum absolute atomic E-state index is 0.0111. The number of methoxy groups -OCH3 is 2. The summed E-state index contributed by atoms with van der Waals surface area (Å²) in [4.78, 5) is 102. The first kappa shape index (κ1) is 67.6. The number of aliphatic hydroxyl groups is 1. The quantitative estimate of drug-likeness (QED) is 0.00381. The molecule has 0 saturated heterocycles. The summed E-state index contributed by atoms with van der Waals surface area (Å²) in [5.74, 6) is -2.83. The average Bonchev–Trinajstić information content (AvgIpc) is 1.31. The fourth-order valence-corrected chi connectivity index (χ4v) is 11.4. The van der Waals surface area contributed by atoms with Gasteiger partial charge in [-0.15, -0.1) is 20.5 Å². The molecule has 0 saturated carbocycles. The molecule has 3 heterocycles. The third-order valence-corrected chi connectivity index (χ3v) is 16.1. The van der Waals surface area contributed by atoms with Gasteiger partial charge in [0.2, 0.25) is 39.5 Å². The van der Waals surface area contributed by atoms with E-state index in [-0.39, 0.29) is 78.4 Å². The Balaban J connectivity index is 1.27. The van der Waals surface area contributed by atoms with Crippen LogP contribution in [0.25, 0.3) is 12.2 Å². The topological polar surface area (TPSA) is 402 Å². The van der Waals surface area contributed by atoms with Gasteiger partial charge in [0.15, 0.2) is 16.7 Å². The highest BCUT2D eigenvalue weighted by Crippen LogP contribution is 2.43. The van der Waals surface area contributed by atoms with Crippen molar-refractivity contribution in [2.75, 3.05) is 89.1 Å². The molecule has 7 aromatic rings. The molecule has 9 N–H and O–H groups in total. The Labute approximate surface area is 528 Å². The molecule has 470 valence electrons. The molecule has 0 bridgehead atoms. The van der Waals surface area contributed by atoms with Crippen molar-refractivity contribution in [1.82, 2.24) is 24.9 Å². The Morgan fingerprint density at radius 2 is 1.21 bits per heavy atom. The zero-order valence-electron chi connectivity index (χ0n) is 49.6. The van der Waals surface area contributed by atoms with Crippen molar-refractivity contribution >= 4 is 166 Å². The van der Waals surface area contributed by atoms with Crippen LogP contribution in [0.2, 0.25) is 0 Å². The molecule has 7 rings (SSSR count). The largest absolute Gasteiger partial charge is 0.494 e. The maximum absolute atomic E-state index is 13.5. The number of thiazole rings is 2. The molecule has 0 atom stereocenters. The van der Waals surface area contributed by atoms with Gasteiger partial charge in [0, 0.05) is 72.9 Å². The molecule has 0 radical (unpaired) electrons. The lowest BCUT2D eigenvalue weighted by molar-refractivity contribution is -0.120. The summed E-state index contributed by atoms with van der Waals surface area (Å²) in [5, 5.41) is 40.8. The van der Waals surface area contributed by atoms with Crippen LogP contribution in [0.3, 0.4) is 0 Å². The van der Waals surface area contributed by atoms with Crippen molar-refractivity contribution in [3.05, 3.63) is 105 Å². The van der Waals surface area contributed by atoms with E-state index in [0.29, 0.717) is 88.7 Å². The summed E-state index contributed by atoms with van der Waals surface area (Å²) < 4.78 is 47.6. The van der Waals surface area contributed by atoms with Crippen molar-refractivity contribution in [3.8, 4) is 11.5 Å². The van der Waals surface area contributed by atoms with Gasteiger partial charge in [-0.25, -0.2) is 9.97 Å². The van der Waals surface area contributed by atoms with Crippen molar-refractivity contribution in [2.24, 2.45) is 26.2 Å². The van der Waals surface area contributed by atoms with E-state index in [4.69, 9.17) is 20.2 Å². The molecule has 0 aliphatic rings. The molecular formula is C57H61N17O12S4. The Morgan fingerprint density at radius 1 is 0.689 bits per heavy atom. The molecule has 29 nitrogen and oxygen atoms in total. The Morgan fingerprint density at radius 3 is 1.71 bits per heavy atom. The number of amides is 4. The maximum Gasteiger partial charge on any atom is 0.313 e. The van der Waals surface area contributed by atoms with Crippen LogP contribution in [-0.4, -0.2) is 131 Å². The SMILES string of the molecule is CCN(CC)c1cc(Nc2nc(Nc3cc(N(CC)CC)c(OC)cc3N=Nc3nc(S(=O)(=O)O)c(C=C(C(C)=O)C(=O)Nc4cccc(C(N)=O)c4)s3)nc(SCCO)n2)c(N=Nc2ncc(C=C(C(C)=O)C(=O)Nc3cccc(NC=O)c3)s2)cc1OC. The molecule has 4 aromatic carbocycles. The number of aliphatic hydroxyl groups excluding tert-OH is 1. The molecule has 0 fully saturated rings. The molecule has 4 amide bonds. The number of hydrogen-bond donors (Lipinski definition) is 8. The smallest absolute Gasteiger partial charge is 0.313 e. The highest BCUT2D eigenvalue weighted by atomic mass is 32.2. The second-order valence-corrected chi connectivity index (χ2v) is 23.0. The number of benzene rings is 4. The van der Waals surface area contributed by atoms with Crippen LogP contribution >= 0.6 is 34.4 Å². The third-order valence-electron chi connectivity index (χ3n) is 12.6. The van der Waals surface area contributed by atoms with Crippen LogP contribution in [0.5, 0.6) is 11.5 Å². The first-order valence-electron chi connectivity index (χ1n) is 27.2. The zero-order chi connectivity index (χ0) is 65.2. The molecule has 0 unspecified atom stereocenters. The molecule has 90 heavy (non-hydrogen) atoms. The van der Waals surface area contributed by atoms with Crippen LogP contribution in [-0.2, 0) is 34.1 Å². The predicted molar refractivity (Wildman–Crippen MR) is 345 cm³/mol. The first-order chi connectivity index (χ1) is 43.1. The number of anilines is 9. The zero-order valence-corrected chi connectivity index (χ0v) is 52.9. The average molecular weight is 1300 g/mol. The number of rotatable bonds is 31. The normalized spacial score (nSPS) is 11.8. The van der Waals surface area contributed by atoms with E-state index in [0.717, 1.165) is 36.1 Å². The Hall–Kier alpha value is -9.93. The van der Waals surface area contributed by atoms with E-state index in [1.807, 2.05) is 37.5 Å². The van der Waals surface area contributed by atoms with Gasteiger partial charge in [-0.2, -0.15) is 23.4 Å². The lowest BCUT2D eigenvalue weighted by atomic mass is 10.1. The minimum Gasteiger partial charge on any atom is -0.494 e. The van der Waals surface area contributed by atoms with Gasteiger partial charge in [0.05, 0.1) is 64.5 Å². The number of nitrogens with two attached hydrogens (primary N) is 1. The number of Topliss-reactive ketones (excluding diaryl/α,β-unsaturated/α-hetero) is 2. The lowest BCUT2D eigenvalue weighted by Gasteiger charge is -2.25. The van der Waals surface area contributed by atoms with Crippen LogP contribution in [0.1, 0.15) is 61.7 Å². The van der Waals surface area contributed by atoms with Gasteiger partial charge in [-0.1, -0.05) is 46.6 Å². The van der Waals surface area contributed by atoms with Crippen molar-refractivity contribution in [3.63, 3.8) is 0 Å². The second-order valence-electron chi connectivity index (χ2n) is 18.5. The number of aromatic nitrogens is 5. The monoisotopic (exact) mass is 1300 g/mol. The number of hydrogen-bond acceptors (Lipinski definition) is 27. The fraction of sp³-hybridized carbons (Fsp3) is 0.246. The van der Waals surface area contributed by atoms with Crippen molar-refractivity contribution in [1.29, 1.82) is 0 Å². The number of primary amides is 1.